The van der Waals surface area contributed by atoms with Crippen LogP contribution in [0.3, 0.4) is 0 Å². The topological polar surface area (TPSA) is 117 Å². The monoisotopic (exact) mass is 423 g/mol. The van der Waals surface area contributed by atoms with E-state index >= 15 is 0 Å². The van der Waals surface area contributed by atoms with Gasteiger partial charge in [0.25, 0.3) is 0 Å². The average Bonchev–Trinajstić information content (AvgIpc) is 3.45. The van der Waals surface area contributed by atoms with Crippen molar-refractivity contribution in [2.45, 2.75) is 28.8 Å². The molecule has 0 spiro atoms. The van der Waals surface area contributed by atoms with Crippen LogP contribution in [0.5, 0.6) is 0 Å². The third kappa shape index (κ3) is 4.54. The van der Waals surface area contributed by atoms with E-state index in [1.165, 1.54) is 28.2 Å². The summed E-state index contributed by atoms with van der Waals surface area (Å²) in [6.07, 6.45) is 2.26. The van der Waals surface area contributed by atoms with Gasteiger partial charge in [0.05, 0.1) is 23.9 Å². The SMILES string of the molecule is O=C(CSc1n[nH]c(C2CC2)n1)Nc1cccc(S(=O)(=O)N2CCOCC2)c1. The van der Waals surface area contributed by atoms with E-state index in [0.29, 0.717) is 43.1 Å². The van der Waals surface area contributed by atoms with Gasteiger partial charge in [-0.1, -0.05) is 17.8 Å². The van der Waals surface area contributed by atoms with E-state index in [9.17, 15) is 13.2 Å². The van der Waals surface area contributed by atoms with Gasteiger partial charge >= 0.3 is 0 Å². The third-order valence-electron chi connectivity index (χ3n) is 4.50. The number of hydrogen-bond donors (Lipinski definition) is 2. The summed E-state index contributed by atoms with van der Waals surface area (Å²) in [6, 6.07) is 6.29. The molecular formula is C17H21N5O4S2. The normalized spacial score (nSPS) is 18.1. The minimum absolute atomic E-state index is 0.141. The van der Waals surface area contributed by atoms with Gasteiger partial charge in [0.2, 0.25) is 21.1 Å². The van der Waals surface area contributed by atoms with Crippen molar-refractivity contribution >= 4 is 33.4 Å². The number of thioether (sulfide) groups is 1. The van der Waals surface area contributed by atoms with Crippen LogP contribution in [0.2, 0.25) is 0 Å². The number of rotatable bonds is 7. The molecule has 9 nitrogen and oxygen atoms in total. The molecule has 1 aromatic heterocycles. The summed E-state index contributed by atoms with van der Waals surface area (Å²) >= 11 is 1.24. The number of amides is 1. The van der Waals surface area contributed by atoms with Crippen LogP contribution < -0.4 is 5.32 Å². The van der Waals surface area contributed by atoms with Gasteiger partial charge in [0.1, 0.15) is 5.82 Å². The Morgan fingerprint density at radius 1 is 1.32 bits per heavy atom. The van der Waals surface area contributed by atoms with Crippen molar-refractivity contribution in [3.8, 4) is 0 Å². The third-order valence-corrected chi connectivity index (χ3v) is 7.25. The Morgan fingerprint density at radius 3 is 2.86 bits per heavy atom. The Kier molecular flexibility index (Phi) is 5.67. The number of sulfonamides is 1. The molecule has 150 valence electrons. The summed E-state index contributed by atoms with van der Waals surface area (Å²) in [4.78, 5) is 16.8. The zero-order chi connectivity index (χ0) is 19.6. The van der Waals surface area contributed by atoms with Gasteiger partial charge in [-0.25, -0.2) is 13.4 Å². The number of aromatic nitrogens is 3. The van der Waals surface area contributed by atoms with Gasteiger partial charge < -0.3 is 10.1 Å². The highest BCUT2D eigenvalue weighted by Gasteiger charge is 2.28. The van der Waals surface area contributed by atoms with Crippen molar-refractivity contribution in [2.75, 3.05) is 37.4 Å². The van der Waals surface area contributed by atoms with E-state index in [-0.39, 0.29) is 16.6 Å². The van der Waals surface area contributed by atoms with Crippen molar-refractivity contribution in [1.82, 2.24) is 19.5 Å². The molecule has 0 atom stereocenters. The number of morpholine rings is 1. The average molecular weight is 424 g/mol. The van der Waals surface area contributed by atoms with Crippen molar-refractivity contribution in [3.05, 3.63) is 30.1 Å². The van der Waals surface area contributed by atoms with E-state index in [1.807, 2.05) is 0 Å². The maximum atomic E-state index is 12.7. The highest BCUT2D eigenvalue weighted by molar-refractivity contribution is 7.99. The molecule has 2 fully saturated rings. The summed E-state index contributed by atoms with van der Waals surface area (Å²) < 4.78 is 32.1. The Bertz CT molecular complexity index is 952. The number of anilines is 1. The first-order valence-electron chi connectivity index (χ1n) is 9.05. The number of nitrogens with one attached hydrogen (secondary N) is 2. The van der Waals surface area contributed by atoms with Crippen LogP contribution in [0.15, 0.2) is 34.3 Å². The molecule has 1 aromatic carbocycles. The molecule has 0 unspecified atom stereocenters. The molecular weight excluding hydrogens is 402 g/mol. The first-order valence-corrected chi connectivity index (χ1v) is 11.5. The molecule has 11 heteroatoms. The Balaban J connectivity index is 1.36. The lowest BCUT2D eigenvalue weighted by molar-refractivity contribution is -0.113. The van der Waals surface area contributed by atoms with Crippen LogP contribution >= 0.6 is 11.8 Å². The number of carbonyl (C=O) groups excluding carboxylic acids is 1. The van der Waals surface area contributed by atoms with E-state index in [4.69, 9.17) is 4.74 Å². The molecule has 0 bridgehead atoms. The fourth-order valence-corrected chi connectivity index (χ4v) is 4.92. The fourth-order valence-electron chi connectivity index (χ4n) is 2.86. The van der Waals surface area contributed by atoms with E-state index < -0.39 is 10.0 Å². The second-order valence-electron chi connectivity index (χ2n) is 6.66. The fraction of sp³-hybridized carbons (Fsp3) is 0.471. The van der Waals surface area contributed by atoms with Crippen LogP contribution in [-0.4, -0.2) is 65.9 Å². The van der Waals surface area contributed by atoms with Gasteiger partial charge in [-0.3, -0.25) is 9.89 Å². The minimum Gasteiger partial charge on any atom is -0.379 e. The number of ether oxygens (including phenoxy) is 1. The maximum Gasteiger partial charge on any atom is 0.243 e. The summed E-state index contributed by atoms with van der Waals surface area (Å²) in [6.45, 7) is 1.43. The van der Waals surface area contributed by atoms with E-state index in [2.05, 4.69) is 20.5 Å². The molecule has 1 saturated heterocycles. The van der Waals surface area contributed by atoms with Gasteiger partial charge in [0.15, 0.2) is 0 Å². The van der Waals surface area contributed by atoms with Crippen molar-refractivity contribution in [3.63, 3.8) is 0 Å². The van der Waals surface area contributed by atoms with Crippen LogP contribution in [0.4, 0.5) is 5.69 Å². The molecule has 1 saturated carbocycles. The Labute approximate surface area is 167 Å². The number of benzene rings is 1. The molecule has 2 heterocycles. The smallest absolute Gasteiger partial charge is 0.243 e. The summed E-state index contributed by atoms with van der Waals surface area (Å²) in [5.74, 6) is 1.25. The summed E-state index contributed by atoms with van der Waals surface area (Å²) in [5.41, 5.74) is 0.439. The number of H-pyrrole nitrogens is 1. The molecule has 1 aliphatic heterocycles. The van der Waals surface area contributed by atoms with Gasteiger partial charge in [-0.2, -0.15) is 4.31 Å². The quantitative estimate of drug-likeness (QED) is 0.647. The number of aromatic amines is 1. The molecule has 1 amide bonds. The maximum absolute atomic E-state index is 12.7. The van der Waals surface area contributed by atoms with Crippen molar-refractivity contribution in [2.24, 2.45) is 0 Å². The highest BCUT2D eigenvalue weighted by atomic mass is 32.2. The summed E-state index contributed by atoms with van der Waals surface area (Å²) in [5, 5.41) is 10.3. The van der Waals surface area contributed by atoms with E-state index in [1.54, 1.807) is 12.1 Å². The molecule has 4 rings (SSSR count). The highest BCUT2D eigenvalue weighted by Crippen LogP contribution is 2.38. The molecule has 28 heavy (non-hydrogen) atoms. The predicted octanol–water partition coefficient (Wildman–Crippen LogP) is 1.43. The van der Waals surface area contributed by atoms with Crippen LogP contribution in [0.25, 0.3) is 0 Å². The lowest BCUT2D eigenvalue weighted by atomic mass is 10.3. The number of hydrogen-bond acceptors (Lipinski definition) is 7. The van der Waals surface area contributed by atoms with Gasteiger partial charge in [-0.15, -0.1) is 5.10 Å². The predicted molar refractivity (Wildman–Crippen MR) is 104 cm³/mol. The number of nitrogens with zero attached hydrogens (tertiary/aromatic N) is 3. The van der Waals surface area contributed by atoms with Crippen LogP contribution in [0.1, 0.15) is 24.6 Å². The van der Waals surface area contributed by atoms with Crippen molar-refractivity contribution < 1.29 is 17.9 Å². The first-order chi connectivity index (χ1) is 13.5. The molecule has 2 aliphatic rings. The lowest BCUT2D eigenvalue weighted by Gasteiger charge is -2.26. The molecule has 1 aliphatic carbocycles. The summed E-state index contributed by atoms with van der Waals surface area (Å²) in [7, 11) is -3.60. The standard InChI is InChI=1S/C17H21N5O4S2/c23-15(11-27-17-19-16(20-21-17)12-4-5-12)18-13-2-1-3-14(10-13)28(24,25)22-6-8-26-9-7-22/h1-3,10,12H,4-9,11H2,(H,18,23)(H,19,20,21). The van der Waals surface area contributed by atoms with Crippen LogP contribution in [0, 0.1) is 0 Å². The minimum atomic E-state index is -3.60. The van der Waals surface area contributed by atoms with Gasteiger partial charge in [-0.05, 0) is 31.0 Å². The van der Waals surface area contributed by atoms with E-state index in [0.717, 1.165) is 18.7 Å². The zero-order valence-corrected chi connectivity index (χ0v) is 16.8. The van der Waals surface area contributed by atoms with Crippen LogP contribution in [-0.2, 0) is 19.6 Å². The second-order valence-corrected chi connectivity index (χ2v) is 9.54. The van der Waals surface area contributed by atoms with Crippen molar-refractivity contribution in [1.29, 1.82) is 0 Å². The Morgan fingerprint density at radius 2 is 2.11 bits per heavy atom. The lowest BCUT2D eigenvalue weighted by Crippen LogP contribution is -2.40. The second kappa shape index (κ2) is 8.19. The molecule has 2 N–H and O–H groups in total. The number of carbonyl (C=O) groups is 1. The molecule has 2 aromatic rings. The Hall–Kier alpha value is -1.95. The zero-order valence-electron chi connectivity index (χ0n) is 15.1. The largest absolute Gasteiger partial charge is 0.379 e. The molecule has 0 radical (unpaired) electrons. The van der Waals surface area contributed by atoms with Gasteiger partial charge in [0, 0.05) is 24.7 Å². The first kappa shape index (κ1) is 19.4.